The predicted molar refractivity (Wildman–Crippen MR) is 94.3 cm³/mol. The van der Waals surface area contributed by atoms with Gasteiger partial charge in [0.15, 0.2) is 0 Å². The van der Waals surface area contributed by atoms with Crippen LogP contribution in [0, 0.1) is 6.92 Å². The SMILES string of the molecule is CSc1cc(C(=O)N(C)CCCOc2ccccc2C)ccn1. The summed E-state index contributed by atoms with van der Waals surface area (Å²) in [5, 5.41) is 0.854. The number of carbonyl (C=O) groups excluding carboxylic acids is 1. The van der Waals surface area contributed by atoms with Crippen molar-refractivity contribution in [1.29, 1.82) is 0 Å². The third-order valence-corrected chi connectivity index (χ3v) is 4.17. The molecule has 5 heteroatoms. The second kappa shape index (κ2) is 8.58. The zero-order valence-electron chi connectivity index (χ0n) is 13.8. The molecule has 1 aromatic heterocycles. The number of pyridine rings is 1. The zero-order chi connectivity index (χ0) is 16.7. The molecule has 0 atom stereocenters. The number of para-hydroxylation sites is 1. The Morgan fingerprint density at radius 1 is 1.30 bits per heavy atom. The lowest BCUT2D eigenvalue weighted by Crippen LogP contribution is -2.28. The van der Waals surface area contributed by atoms with Crippen LogP contribution in [0.5, 0.6) is 5.75 Å². The van der Waals surface area contributed by atoms with Crippen LogP contribution < -0.4 is 4.74 Å². The fourth-order valence-corrected chi connectivity index (χ4v) is 2.59. The molecule has 0 bridgehead atoms. The highest BCUT2D eigenvalue weighted by Crippen LogP contribution is 2.16. The van der Waals surface area contributed by atoms with Crippen LogP contribution in [0.1, 0.15) is 22.3 Å². The number of carbonyl (C=O) groups is 1. The Kier molecular flexibility index (Phi) is 6.47. The molecule has 23 heavy (non-hydrogen) atoms. The maximum atomic E-state index is 12.4. The van der Waals surface area contributed by atoms with Gasteiger partial charge in [-0.05, 0) is 43.4 Å². The van der Waals surface area contributed by atoms with Crippen LogP contribution in [-0.2, 0) is 0 Å². The van der Waals surface area contributed by atoms with Gasteiger partial charge in [-0.2, -0.15) is 0 Å². The van der Waals surface area contributed by atoms with Crippen molar-refractivity contribution < 1.29 is 9.53 Å². The molecule has 2 rings (SSSR count). The highest BCUT2D eigenvalue weighted by atomic mass is 32.2. The molecule has 4 nitrogen and oxygen atoms in total. The molecule has 0 N–H and O–H groups in total. The number of thioether (sulfide) groups is 1. The highest BCUT2D eigenvalue weighted by molar-refractivity contribution is 7.98. The molecule has 0 radical (unpaired) electrons. The van der Waals surface area contributed by atoms with E-state index in [1.54, 1.807) is 17.2 Å². The van der Waals surface area contributed by atoms with Crippen LogP contribution >= 0.6 is 11.8 Å². The van der Waals surface area contributed by atoms with Gasteiger partial charge in [-0.3, -0.25) is 4.79 Å². The third-order valence-electron chi connectivity index (χ3n) is 3.53. The van der Waals surface area contributed by atoms with Gasteiger partial charge >= 0.3 is 0 Å². The van der Waals surface area contributed by atoms with E-state index in [0.717, 1.165) is 22.8 Å². The highest BCUT2D eigenvalue weighted by Gasteiger charge is 2.12. The van der Waals surface area contributed by atoms with E-state index in [0.29, 0.717) is 18.7 Å². The Bertz CT molecular complexity index is 661. The Labute approximate surface area is 141 Å². The minimum absolute atomic E-state index is 0.0126. The molecule has 1 aromatic carbocycles. The Hall–Kier alpha value is -2.01. The van der Waals surface area contributed by atoms with E-state index in [2.05, 4.69) is 4.98 Å². The quantitative estimate of drug-likeness (QED) is 0.574. The molecule has 0 aliphatic heterocycles. The summed E-state index contributed by atoms with van der Waals surface area (Å²) in [4.78, 5) is 18.3. The van der Waals surface area contributed by atoms with Crippen molar-refractivity contribution in [3.8, 4) is 5.75 Å². The number of hydrogen-bond acceptors (Lipinski definition) is 4. The topological polar surface area (TPSA) is 42.4 Å². The number of nitrogens with zero attached hydrogens (tertiary/aromatic N) is 2. The number of hydrogen-bond donors (Lipinski definition) is 0. The van der Waals surface area contributed by atoms with Gasteiger partial charge in [-0.25, -0.2) is 4.98 Å². The summed E-state index contributed by atoms with van der Waals surface area (Å²) in [6.45, 7) is 3.27. The van der Waals surface area contributed by atoms with E-state index in [9.17, 15) is 4.79 Å². The van der Waals surface area contributed by atoms with E-state index < -0.39 is 0 Å². The van der Waals surface area contributed by atoms with E-state index >= 15 is 0 Å². The van der Waals surface area contributed by atoms with Crippen LogP contribution in [0.2, 0.25) is 0 Å². The fourth-order valence-electron chi connectivity index (χ4n) is 2.18. The number of benzene rings is 1. The van der Waals surface area contributed by atoms with Gasteiger partial charge in [0.2, 0.25) is 0 Å². The Balaban J connectivity index is 1.81. The number of rotatable bonds is 7. The number of ether oxygens (including phenoxy) is 1. The molecule has 0 spiro atoms. The van der Waals surface area contributed by atoms with E-state index in [4.69, 9.17) is 4.74 Å². The summed E-state index contributed by atoms with van der Waals surface area (Å²) in [5.41, 5.74) is 1.80. The van der Waals surface area contributed by atoms with Crippen molar-refractivity contribution >= 4 is 17.7 Å². The third kappa shape index (κ3) is 4.99. The first kappa shape index (κ1) is 17.3. The molecule has 122 valence electrons. The number of amides is 1. The molecule has 1 heterocycles. The Morgan fingerprint density at radius 2 is 2.09 bits per heavy atom. The summed E-state index contributed by atoms with van der Waals surface area (Å²) in [7, 11) is 1.81. The summed E-state index contributed by atoms with van der Waals surface area (Å²) >= 11 is 1.53. The molecule has 0 unspecified atom stereocenters. The van der Waals surface area contributed by atoms with Crippen molar-refractivity contribution in [2.45, 2.75) is 18.4 Å². The zero-order valence-corrected chi connectivity index (χ0v) is 14.6. The summed E-state index contributed by atoms with van der Waals surface area (Å²) in [5.74, 6) is 0.916. The number of aromatic nitrogens is 1. The van der Waals surface area contributed by atoms with Crippen LogP contribution in [0.25, 0.3) is 0 Å². The molecule has 0 aliphatic carbocycles. The lowest BCUT2D eigenvalue weighted by Gasteiger charge is -2.17. The Morgan fingerprint density at radius 3 is 2.83 bits per heavy atom. The summed E-state index contributed by atoms with van der Waals surface area (Å²) in [6, 6.07) is 11.5. The first-order valence-corrected chi connectivity index (χ1v) is 8.78. The van der Waals surface area contributed by atoms with Crippen LogP contribution in [0.15, 0.2) is 47.6 Å². The van der Waals surface area contributed by atoms with E-state index in [1.165, 1.54) is 11.8 Å². The van der Waals surface area contributed by atoms with E-state index in [1.807, 2.05) is 50.6 Å². The molecule has 0 fully saturated rings. The fraction of sp³-hybridized carbons (Fsp3) is 0.333. The van der Waals surface area contributed by atoms with Gasteiger partial charge in [0.1, 0.15) is 5.75 Å². The number of aryl methyl sites for hydroxylation is 1. The van der Waals surface area contributed by atoms with Gasteiger partial charge < -0.3 is 9.64 Å². The normalized spacial score (nSPS) is 10.4. The van der Waals surface area contributed by atoms with Crippen molar-refractivity contribution in [2.75, 3.05) is 26.5 Å². The summed E-state index contributed by atoms with van der Waals surface area (Å²) < 4.78 is 5.76. The molecule has 0 saturated carbocycles. The van der Waals surface area contributed by atoms with Gasteiger partial charge in [0.05, 0.1) is 11.6 Å². The minimum atomic E-state index is 0.0126. The van der Waals surface area contributed by atoms with Gasteiger partial charge in [-0.15, -0.1) is 11.8 Å². The van der Waals surface area contributed by atoms with Crippen molar-refractivity contribution in [3.05, 3.63) is 53.7 Å². The average molecular weight is 330 g/mol. The van der Waals surface area contributed by atoms with E-state index in [-0.39, 0.29) is 5.91 Å². The van der Waals surface area contributed by atoms with Crippen LogP contribution in [0.4, 0.5) is 0 Å². The molecule has 2 aromatic rings. The maximum Gasteiger partial charge on any atom is 0.253 e. The first-order chi connectivity index (χ1) is 11.1. The van der Waals surface area contributed by atoms with Crippen molar-refractivity contribution in [2.24, 2.45) is 0 Å². The minimum Gasteiger partial charge on any atom is -0.493 e. The largest absolute Gasteiger partial charge is 0.493 e. The second-order valence-corrected chi connectivity index (χ2v) is 6.11. The molecule has 1 amide bonds. The smallest absolute Gasteiger partial charge is 0.253 e. The lowest BCUT2D eigenvalue weighted by molar-refractivity contribution is 0.0787. The molecule has 0 aliphatic rings. The summed E-state index contributed by atoms with van der Waals surface area (Å²) in [6.07, 6.45) is 4.41. The average Bonchev–Trinajstić information content (AvgIpc) is 2.59. The van der Waals surface area contributed by atoms with Gasteiger partial charge in [0.25, 0.3) is 5.91 Å². The standard InChI is InChI=1S/C18H22N2O2S/c1-14-7-4-5-8-16(14)22-12-6-11-20(2)18(21)15-9-10-19-17(13-15)23-3/h4-5,7-10,13H,6,11-12H2,1-3H3. The molecular formula is C18H22N2O2S. The molecule has 0 saturated heterocycles. The van der Waals surface area contributed by atoms with Gasteiger partial charge in [0, 0.05) is 25.4 Å². The predicted octanol–water partition coefficient (Wildman–Crippen LogP) is 3.65. The first-order valence-electron chi connectivity index (χ1n) is 7.55. The lowest BCUT2D eigenvalue weighted by atomic mass is 10.2. The van der Waals surface area contributed by atoms with Crippen LogP contribution in [0.3, 0.4) is 0 Å². The monoisotopic (exact) mass is 330 g/mol. The molecular weight excluding hydrogens is 308 g/mol. The van der Waals surface area contributed by atoms with Crippen molar-refractivity contribution in [1.82, 2.24) is 9.88 Å². The van der Waals surface area contributed by atoms with Gasteiger partial charge in [-0.1, -0.05) is 18.2 Å². The van der Waals surface area contributed by atoms with Crippen LogP contribution in [-0.4, -0.2) is 42.2 Å². The van der Waals surface area contributed by atoms with Crippen molar-refractivity contribution in [3.63, 3.8) is 0 Å². The maximum absolute atomic E-state index is 12.4. The second-order valence-electron chi connectivity index (χ2n) is 5.28.